The summed E-state index contributed by atoms with van der Waals surface area (Å²) in [6, 6.07) is 3.76. The Labute approximate surface area is 147 Å². The second-order valence-electron chi connectivity index (χ2n) is 6.15. The van der Waals surface area contributed by atoms with Gasteiger partial charge in [-0.25, -0.2) is 4.79 Å². The van der Waals surface area contributed by atoms with Crippen molar-refractivity contribution < 1.29 is 19.0 Å². The summed E-state index contributed by atoms with van der Waals surface area (Å²) in [6.45, 7) is 7.62. The minimum absolute atomic E-state index is 0.305. The number of ether oxygens (including phenoxy) is 3. The molecule has 138 valence electrons. The number of nitrogens with one attached hydrogen (secondary N) is 1. The summed E-state index contributed by atoms with van der Waals surface area (Å²) in [5.41, 5.74) is 9.35. The Morgan fingerprint density at radius 3 is 2.68 bits per heavy atom. The number of hydrogen-bond acceptors (Lipinski definition) is 6. The molecule has 0 unspecified atom stereocenters. The molecule has 0 aromatic carbocycles. The number of hydrogen-bond donors (Lipinski definition) is 1. The SMILES string of the molecule is CC(C)(C)OC(=O)NCCOCc1ccc(COCCN=[N+]=[N-])nc1. The lowest BCUT2D eigenvalue weighted by Gasteiger charge is -2.19. The molecule has 0 atom stereocenters. The van der Waals surface area contributed by atoms with Gasteiger partial charge < -0.3 is 19.5 Å². The van der Waals surface area contributed by atoms with Crippen LogP contribution >= 0.6 is 0 Å². The van der Waals surface area contributed by atoms with E-state index < -0.39 is 11.7 Å². The van der Waals surface area contributed by atoms with Crippen LogP contribution in [0.1, 0.15) is 32.0 Å². The highest BCUT2D eigenvalue weighted by atomic mass is 16.6. The van der Waals surface area contributed by atoms with Crippen molar-refractivity contribution in [2.24, 2.45) is 5.11 Å². The number of carbonyl (C=O) groups is 1. The average molecular weight is 351 g/mol. The van der Waals surface area contributed by atoms with Crippen molar-refractivity contribution in [2.45, 2.75) is 39.6 Å². The molecule has 0 bridgehead atoms. The molecule has 0 spiro atoms. The van der Waals surface area contributed by atoms with Crippen LogP contribution in [0.3, 0.4) is 0 Å². The maximum Gasteiger partial charge on any atom is 0.407 e. The predicted molar refractivity (Wildman–Crippen MR) is 91.8 cm³/mol. The van der Waals surface area contributed by atoms with Crippen molar-refractivity contribution in [3.05, 3.63) is 40.0 Å². The third-order valence-corrected chi connectivity index (χ3v) is 2.72. The Bertz CT molecular complexity index is 565. The predicted octanol–water partition coefficient (Wildman–Crippen LogP) is 2.95. The first-order valence-corrected chi connectivity index (χ1v) is 7.98. The Hall–Kier alpha value is -2.35. The van der Waals surface area contributed by atoms with Crippen LogP contribution in [0.2, 0.25) is 0 Å². The quantitative estimate of drug-likeness (QED) is 0.301. The third kappa shape index (κ3) is 10.9. The molecule has 9 nitrogen and oxygen atoms in total. The summed E-state index contributed by atoms with van der Waals surface area (Å²) in [7, 11) is 0. The van der Waals surface area contributed by atoms with E-state index in [9.17, 15) is 4.79 Å². The second-order valence-corrected chi connectivity index (χ2v) is 6.15. The van der Waals surface area contributed by atoms with Gasteiger partial charge in [0, 0.05) is 24.2 Å². The van der Waals surface area contributed by atoms with Crippen molar-refractivity contribution >= 4 is 6.09 Å². The Kier molecular flexibility index (Phi) is 9.31. The molecule has 9 heteroatoms. The fourth-order valence-electron chi connectivity index (χ4n) is 1.68. The summed E-state index contributed by atoms with van der Waals surface area (Å²) in [5, 5.41) is 6.00. The van der Waals surface area contributed by atoms with Crippen molar-refractivity contribution in [1.29, 1.82) is 0 Å². The molecule has 1 N–H and O–H groups in total. The lowest BCUT2D eigenvalue weighted by molar-refractivity contribution is 0.0493. The van der Waals surface area contributed by atoms with Crippen LogP contribution in [0.15, 0.2) is 23.4 Å². The zero-order valence-corrected chi connectivity index (χ0v) is 14.9. The van der Waals surface area contributed by atoms with Crippen LogP contribution < -0.4 is 5.32 Å². The number of azide groups is 1. The number of rotatable bonds is 10. The summed E-state index contributed by atoms with van der Waals surface area (Å²) in [5.74, 6) is 0. The van der Waals surface area contributed by atoms with E-state index in [1.807, 2.05) is 32.9 Å². The van der Waals surface area contributed by atoms with Crippen LogP contribution in [-0.2, 0) is 27.4 Å². The minimum atomic E-state index is -0.509. The Balaban J connectivity index is 2.15. The highest BCUT2D eigenvalue weighted by Gasteiger charge is 2.15. The van der Waals surface area contributed by atoms with Crippen molar-refractivity contribution in [3.63, 3.8) is 0 Å². The van der Waals surface area contributed by atoms with Gasteiger partial charge in [-0.05, 0) is 37.9 Å². The normalized spacial score (nSPS) is 10.8. The van der Waals surface area contributed by atoms with E-state index in [0.29, 0.717) is 39.5 Å². The maximum atomic E-state index is 11.4. The van der Waals surface area contributed by atoms with Gasteiger partial charge in [0.15, 0.2) is 0 Å². The molecule has 1 amide bonds. The van der Waals surface area contributed by atoms with Gasteiger partial charge in [0.05, 0.1) is 32.1 Å². The maximum absolute atomic E-state index is 11.4. The molecule has 1 rings (SSSR count). The number of amides is 1. The molecule has 1 heterocycles. The molecular weight excluding hydrogens is 326 g/mol. The van der Waals surface area contributed by atoms with E-state index in [0.717, 1.165) is 11.3 Å². The van der Waals surface area contributed by atoms with Crippen molar-refractivity contribution in [1.82, 2.24) is 10.3 Å². The third-order valence-electron chi connectivity index (χ3n) is 2.72. The van der Waals surface area contributed by atoms with Gasteiger partial charge in [-0.3, -0.25) is 4.98 Å². The molecule has 0 fully saturated rings. The first kappa shape index (κ1) is 20.7. The van der Waals surface area contributed by atoms with Gasteiger partial charge in [0.25, 0.3) is 0 Å². The first-order valence-electron chi connectivity index (χ1n) is 7.98. The largest absolute Gasteiger partial charge is 0.444 e. The zero-order valence-electron chi connectivity index (χ0n) is 14.9. The fourth-order valence-corrected chi connectivity index (χ4v) is 1.68. The summed E-state index contributed by atoms with van der Waals surface area (Å²) >= 11 is 0. The van der Waals surface area contributed by atoms with Gasteiger partial charge in [0.1, 0.15) is 5.60 Å². The molecule has 0 aliphatic carbocycles. The first-order chi connectivity index (χ1) is 11.9. The average Bonchev–Trinajstić information content (AvgIpc) is 2.54. The zero-order chi connectivity index (χ0) is 18.5. The Morgan fingerprint density at radius 1 is 1.28 bits per heavy atom. The van der Waals surface area contributed by atoms with Gasteiger partial charge in [-0.15, -0.1) is 0 Å². The fraction of sp³-hybridized carbons (Fsp3) is 0.625. The van der Waals surface area contributed by atoms with E-state index in [1.165, 1.54) is 0 Å². The molecule has 0 aliphatic rings. The van der Waals surface area contributed by atoms with Gasteiger partial charge in [-0.1, -0.05) is 11.2 Å². The highest BCUT2D eigenvalue weighted by Crippen LogP contribution is 2.06. The molecule has 25 heavy (non-hydrogen) atoms. The molecular formula is C16H25N5O4. The van der Waals surface area contributed by atoms with Crippen LogP contribution in [0.4, 0.5) is 4.79 Å². The molecule has 0 saturated heterocycles. The lowest BCUT2D eigenvalue weighted by atomic mass is 10.2. The summed E-state index contributed by atoms with van der Waals surface area (Å²) < 4.78 is 15.9. The minimum Gasteiger partial charge on any atom is -0.444 e. The van der Waals surface area contributed by atoms with E-state index >= 15 is 0 Å². The topological polar surface area (TPSA) is 118 Å². The standard InChI is InChI=1S/C16H25N5O4/c1-16(2,3)25-15(22)18-6-8-23-11-13-4-5-14(19-10-13)12-24-9-7-20-21-17/h4-5,10H,6-9,11-12H2,1-3H3,(H,18,22). The number of nitrogens with zero attached hydrogens (tertiary/aromatic N) is 4. The number of alkyl carbamates (subject to hydrolysis) is 1. The molecule has 0 saturated carbocycles. The molecule has 1 aromatic rings. The number of pyridine rings is 1. The van der Waals surface area contributed by atoms with Gasteiger partial charge >= 0.3 is 6.09 Å². The van der Waals surface area contributed by atoms with Crippen LogP contribution in [-0.4, -0.2) is 43.0 Å². The second kappa shape index (κ2) is 11.2. The smallest absolute Gasteiger partial charge is 0.407 e. The van der Waals surface area contributed by atoms with Gasteiger partial charge in [-0.2, -0.15) is 0 Å². The van der Waals surface area contributed by atoms with E-state index in [-0.39, 0.29) is 0 Å². The summed E-state index contributed by atoms with van der Waals surface area (Å²) in [4.78, 5) is 18.3. The van der Waals surface area contributed by atoms with E-state index in [4.69, 9.17) is 19.7 Å². The highest BCUT2D eigenvalue weighted by molar-refractivity contribution is 5.67. The van der Waals surface area contributed by atoms with Crippen molar-refractivity contribution in [3.8, 4) is 0 Å². The van der Waals surface area contributed by atoms with E-state index in [1.54, 1.807) is 6.20 Å². The van der Waals surface area contributed by atoms with Crippen LogP contribution in [0.5, 0.6) is 0 Å². The number of carbonyl (C=O) groups excluding carboxylic acids is 1. The van der Waals surface area contributed by atoms with Crippen LogP contribution in [0, 0.1) is 0 Å². The monoisotopic (exact) mass is 351 g/mol. The molecule has 1 aromatic heterocycles. The Morgan fingerprint density at radius 2 is 2.04 bits per heavy atom. The van der Waals surface area contributed by atoms with Crippen molar-refractivity contribution in [2.75, 3.05) is 26.3 Å². The molecule has 0 aliphatic heterocycles. The van der Waals surface area contributed by atoms with Gasteiger partial charge in [0.2, 0.25) is 0 Å². The number of aromatic nitrogens is 1. The van der Waals surface area contributed by atoms with Crippen LogP contribution in [0.25, 0.3) is 10.4 Å². The molecule has 0 radical (unpaired) electrons. The summed E-state index contributed by atoms with van der Waals surface area (Å²) in [6.07, 6.45) is 1.26. The van der Waals surface area contributed by atoms with E-state index in [2.05, 4.69) is 20.3 Å². The lowest BCUT2D eigenvalue weighted by Crippen LogP contribution is -2.34.